The summed E-state index contributed by atoms with van der Waals surface area (Å²) in [6.45, 7) is 5.47. The smallest absolute Gasteiger partial charge is 0.328 e. The normalized spacial score (nSPS) is 27.7. The largest absolute Gasteiger partial charge is 0.495 e. The topological polar surface area (TPSA) is 68.4 Å². The van der Waals surface area contributed by atoms with Gasteiger partial charge in [-0.3, -0.25) is 19.9 Å². The molecule has 1 N–H and O–H groups in total. The molecule has 0 radical (unpaired) electrons. The van der Waals surface area contributed by atoms with Gasteiger partial charge in [-0.1, -0.05) is 17.7 Å². The van der Waals surface area contributed by atoms with E-state index in [1.807, 2.05) is 18.2 Å². The van der Waals surface area contributed by atoms with Crippen LogP contribution < -0.4 is 15.0 Å². The predicted molar refractivity (Wildman–Crippen MR) is 106 cm³/mol. The first-order valence-electron chi connectivity index (χ1n) is 9.29. The fraction of sp³-hybridized carbons (Fsp3) is 0.474. The van der Waals surface area contributed by atoms with Crippen molar-refractivity contribution in [1.29, 1.82) is 0 Å². The molecule has 3 aliphatic rings. The molecule has 3 atom stereocenters. The number of ether oxygens (including phenoxy) is 1. The van der Waals surface area contributed by atoms with Crippen molar-refractivity contribution < 1.29 is 14.3 Å². The van der Waals surface area contributed by atoms with Crippen LogP contribution in [0.4, 0.5) is 10.5 Å². The number of nitrogens with one attached hydrogen (secondary N) is 1. The van der Waals surface area contributed by atoms with E-state index >= 15 is 0 Å². The van der Waals surface area contributed by atoms with Crippen molar-refractivity contribution in [2.24, 2.45) is 0 Å². The number of methoxy groups -OCH3 is 1. The minimum Gasteiger partial charge on any atom is -0.495 e. The third-order valence-electron chi connectivity index (χ3n) is 5.65. The molecule has 3 unspecified atom stereocenters. The van der Waals surface area contributed by atoms with Crippen molar-refractivity contribution >= 4 is 29.2 Å². The molecule has 9 heteroatoms. The number of carbonyl (C=O) groups is 2. The minimum absolute atomic E-state index is 0.183. The van der Waals surface area contributed by atoms with Crippen LogP contribution in [0.5, 0.6) is 5.75 Å². The van der Waals surface area contributed by atoms with E-state index in [1.54, 1.807) is 25.1 Å². The standard InChI is InChI=1S/C19H24ClN5O3/c1-4-8-25-17(26)15-16(22(2)19(25)27)21-18-23(9-5-10-24(15)18)12-6-7-14(28-3)13(20)11-12/h4,6-7,11,15-16,18,21H,1,5,8-10H2,2-3H3. The predicted octanol–water partition coefficient (Wildman–Crippen LogP) is 1.52. The molecule has 0 bridgehead atoms. The molecule has 3 aliphatic heterocycles. The number of anilines is 1. The average Bonchev–Trinajstić information content (AvgIpc) is 3.09. The highest BCUT2D eigenvalue weighted by Crippen LogP contribution is 2.35. The minimum atomic E-state index is -0.427. The molecule has 3 fully saturated rings. The molecule has 150 valence electrons. The van der Waals surface area contributed by atoms with Gasteiger partial charge in [0.25, 0.3) is 5.91 Å². The lowest BCUT2D eigenvalue weighted by Gasteiger charge is -2.43. The van der Waals surface area contributed by atoms with Crippen LogP contribution in [0.3, 0.4) is 0 Å². The van der Waals surface area contributed by atoms with E-state index in [0.717, 1.165) is 25.2 Å². The maximum absolute atomic E-state index is 13.1. The molecule has 3 heterocycles. The number of hydrogen-bond acceptors (Lipinski definition) is 6. The van der Waals surface area contributed by atoms with Gasteiger partial charge in [0.2, 0.25) is 0 Å². The van der Waals surface area contributed by atoms with Crippen molar-refractivity contribution in [1.82, 2.24) is 20.0 Å². The highest BCUT2D eigenvalue weighted by molar-refractivity contribution is 6.32. The van der Waals surface area contributed by atoms with Crippen LogP contribution in [0.1, 0.15) is 6.42 Å². The van der Waals surface area contributed by atoms with Gasteiger partial charge >= 0.3 is 6.03 Å². The van der Waals surface area contributed by atoms with Crippen LogP contribution in [0.25, 0.3) is 0 Å². The van der Waals surface area contributed by atoms with E-state index in [2.05, 4.69) is 21.7 Å². The summed E-state index contributed by atoms with van der Waals surface area (Å²) in [7, 11) is 3.31. The van der Waals surface area contributed by atoms with Crippen LogP contribution in [-0.4, -0.2) is 78.9 Å². The van der Waals surface area contributed by atoms with Gasteiger partial charge in [-0.2, -0.15) is 0 Å². The average molecular weight is 406 g/mol. The van der Waals surface area contributed by atoms with Gasteiger partial charge in [0.15, 0.2) is 0 Å². The number of carbonyl (C=O) groups excluding carboxylic acids is 2. The quantitative estimate of drug-likeness (QED) is 0.766. The van der Waals surface area contributed by atoms with Crippen molar-refractivity contribution in [2.45, 2.75) is 24.9 Å². The number of halogens is 1. The Labute approximate surface area is 169 Å². The first kappa shape index (κ1) is 19.0. The molecule has 0 aliphatic carbocycles. The summed E-state index contributed by atoms with van der Waals surface area (Å²) in [5.41, 5.74) is 0.941. The van der Waals surface area contributed by atoms with E-state index in [9.17, 15) is 9.59 Å². The van der Waals surface area contributed by atoms with Crippen LogP contribution in [-0.2, 0) is 4.79 Å². The zero-order valence-electron chi connectivity index (χ0n) is 16.0. The Balaban J connectivity index is 1.65. The van der Waals surface area contributed by atoms with Crippen LogP contribution in [0, 0.1) is 0 Å². The number of imide groups is 1. The number of nitrogens with zero attached hydrogens (tertiary/aromatic N) is 4. The number of fused-ring (bicyclic) bond motifs is 3. The van der Waals surface area contributed by atoms with E-state index in [0.29, 0.717) is 10.8 Å². The van der Waals surface area contributed by atoms with Gasteiger partial charge in [-0.25, -0.2) is 4.79 Å². The summed E-state index contributed by atoms with van der Waals surface area (Å²) in [4.78, 5) is 32.9. The van der Waals surface area contributed by atoms with Gasteiger partial charge in [-0.05, 0) is 24.6 Å². The molecule has 3 saturated heterocycles. The van der Waals surface area contributed by atoms with Gasteiger partial charge in [0.05, 0.1) is 12.1 Å². The fourth-order valence-corrected chi connectivity index (χ4v) is 4.57. The molecule has 0 aromatic heterocycles. The molecule has 28 heavy (non-hydrogen) atoms. The summed E-state index contributed by atoms with van der Waals surface area (Å²) in [6, 6.07) is 4.93. The third-order valence-corrected chi connectivity index (χ3v) is 5.94. The molecule has 4 rings (SSSR count). The van der Waals surface area contributed by atoms with Gasteiger partial charge in [0, 0.05) is 32.4 Å². The number of urea groups is 1. The van der Waals surface area contributed by atoms with Gasteiger partial charge in [-0.15, -0.1) is 6.58 Å². The Morgan fingerprint density at radius 2 is 2.14 bits per heavy atom. The molecular formula is C19H24ClN5O3. The highest BCUT2D eigenvalue weighted by Gasteiger charge is 2.55. The van der Waals surface area contributed by atoms with Crippen molar-refractivity contribution in [3.8, 4) is 5.75 Å². The van der Waals surface area contributed by atoms with Crippen molar-refractivity contribution in [3.05, 3.63) is 35.9 Å². The Hall–Kier alpha value is -2.29. The first-order chi connectivity index (χ1) is 13.5. The number of hydrogen-bond donors (Lipinski definition) is 1. The second kappa shape index (κ2) is 7.27. The maximum Gasteiger partial charge on any atom is 0.328 e. The van der Waals surface area contributed by atoms with Crippen molar-refractivity contribution in [2.75, 3.05) is 38.7 Å². The lowest BCUT2D eigenvalue weighted by Crippen LogP contribution is -2.66. The Morgan fingerprint density at radius 1 is 1.36 bits per heavy atom. The fourth-order valence-electron chi connectivity index (χ4n) is 4.31. The first-order valence-corrected chi connectivity index (χ1v) is 9.66. The lowest BCUT2D eigenvalue weighted by atomic mass is 10.1. The third kappa shape index (κ3) is 2.83. The summed E-state index contributed by atoms with van der Waals surface area (Å²) < 4.78 is 5.25. The molecule has 0 saturated carbocycles. The Morgan fingerprint density at radius 3 is 2.82 bits per heavy atom. The highest BCUT2D eigenvalue weighted by atomic mass is 35.5. The van der Waals surface area contributed by atoms with Gasteiger partial charge in [0.1, 0.15) is 24.2 Å². The zero-order chi connectivity index (χ0) is 20.0. The molecule has 1 aromatic carbocycles. The van der Waals surface area contributed by atoms with E-state index in [-0.39, 0.29) is 30.9 Å². The zero-order valence-corrected chi connectivity index (χ0v) is 16.7. The Bertz CT molecular complexity index is 819. The Kier molecular flexibility index (Phi) is 4.95. The van der Waals surface area contributed by atoms with E-state index < -0.39 is 6.04 Å². The molecule has 8 nitrogen and oxygen atoms in total. The summed E-state index contributed by atoms with van der Waals surface area (Å²) >= 11 is 6.32. The number of rotatable bonds is 4. The number of benzene rings is 1. The maximum atomic E-state index is 13.1. The number of likely N-dealkylation sites (N-methyl/N-ethyl adjacent to an activating group) is 1. The summed E-state index contributed by atoms with van der Waals surface area (Å²) in [6.07, 6.45) is 1.90. The van der Waals surface area contributed by atoms with Crippen LogP contribution >= 0.6 is 11.6 Å². The molecule has 3 amide bonds. The van der Waals surface area contributed by atoms with Crippen molar-refractivity contribution in [3.63, 3.8) is 0 Å². The van der Waals surface area contributed by atoms with E-state index in [4.69, 9.17) is 16.3 Å². The second-order valence-electron chi connectivity index (χ2n) is 7.16. The second-order valence-corrected chi connectivity index (χ2v) is 7.57. The van der Waals surface area contributed by atoms with Gasteiger partial charge < -0.3 is 14.5 Å². The molecule has 1 aromatic rings. The monoisotopic (exact) mass is 405 g/mol. The lowest BCUT2D eigenvalue weighted by molar-refractivity contribution is -0.138. The van der Waals surface area contributed by atoms with Crippen LogP contribution in [0.15, 0.2) is 30.9 Å². The molecule has 0 spiro atoms. The molecular weight excluding hydrogens is 382 g/mol. The van der Waals surface area contributed by atoms with E-state index in [1.165, 1.54) is 4.90 Å². The SMILES string of the molecule is C=CCN1C(=O)C2C(NC3N(c4ccc(OC)c(Cl)c4)CCCN23)N(C)C1=O. The number of amides is 3. The van der Waals surface area contributed by atoms with Crippen LogP contribution in [0.2, 0.25) is 5.02 Å². The summed E-state index contributed by atoms with van der Waals surface area (Å²) in [5.74, 6) is 0.436. The summed E-state index contributed by atoms with van der Waals surface area (Å²) in [5, 5.41) is 4.01.